The first kappa shape index (κ1) is 16.0. The molecule has 2 N–H and O–H groups in total. The molecule has 0 fully saturated rings. The Morgan fingerprint density at radius 2 is 2.05 bits per heavy atom. The predicted molar refractivity (Wildman–Crippen MR) is 66.0 cm³/mol. The van der Waals surface area contributed by atoms with E-state index in [4.69, 9.17) is 5.14 Å². The second-order valence-electron chi connectivity index (χ2n) is 3.54. The number of primary sulfonamides is 1. The number of sulfonamides is 1. The maximum absolute atomic E-state index is 13.9. The summed E-state index contributed by atoms with van der Waals surface area (Å²) in [5.41, 5.74) is -1.08. The van der Waals surface area contributed by atoms with Crippen molar-refractivity contribution in [3.63, 3.8) is 0 Å². The van der Waals surface area contributed by atoms with Gasteiger partial charge < -0.3 is 4.74 Å². The Bertz CT molecular complexity index is 618. The second kappa shape index (κ2) is 5.93. The molecule has 0 bridgehead atoms. The highest BCUT2D eigenvalue weighted by Crippen LogP contribution is 2.29. The summed E-state index contributed by atoms with van der Waals surface area (Å²) in [4.78, 5) is 10.5. The van der Waals surface area contributed by atoms with Crippen LogP contribution in [0, 0.1) is 11.6 Å². The summed E-state index contributed by atoms with van der Waals surface area (Å²) in [7, 11) is -4.45. The van der Waals surface area contributed by atoms with Gasteiger partial charge in [0.25, 0.3) is 0 Å². The fourth-order valence-corrected chi connectivity index (χ4v) is 3.02. The Labute approximate surface area is 116 Å². The lowest BCUT2D eigenvalue weighted by Crippen LogP contribution is -2.19. The zero-order valence-corrected chi connectivity index (χ0v) is 12.1. The summed E-state index contributed by atoms with van der Waals surface area (Å²) < 4.78 is 54.1. The van der Waals surface area contributed by atoms with Crippen LogP contribution in [0.2, 0.25) is 0 Å². The summed E-state index contributed by atoms with van der Waals surface area (Å²) in [6.45, 7) is 1.65. The van der Waals surface area contributed by atoms with Crippen molar-refractivity contribution in [2.75, 3.05) is 6.61 Å². The summed E-state index contributed by atoms with van der Waals surface area (Å²) in [5, 5.41) is 4.81. The lowest BCUT2D eigenvalue weighted by molar-refractivity contribution is 0.0493. The lowest BCUT2D eigenvalue weighted by atomic mass is 10.2. The molecular formula is C10H10BrF2NO4S. The van der Waals surface area contributed by atoms with Crippen LogP contribution in [0.4, 0.5) is 8.78 Å². The molecule has 0 spiro atoms. The molecule has 1 aromatic carbocycles. The lowest BCUT2D eigenvalue weighted by Gasteiger charge is -2.10. The van der Waals surface area contributed by atoms with Gasteiger partial charge in [-0.2, -0.15) is 0 Å². The van der Waals surface area contributed by atoms with Gasteiger partial charge in [0.05, 0.1) is 6.61 Å². The van der Waals surface area contributed by atoms with E-state index in [1.54, 1.807) is 6.92 Å². The number of nitrogens with two attached hydrogens (primary N) is 1. The maximum atomic E-state index is 13.9. The van der Waals surface area contributed by atoms with Crippen molar-refractivity contribution in [2.24, 2.45) is 5.14 Å². The number of hydrogen-bond acceptors (Lipinski definition) is 4. The minimum atomic E-state index is -4.45. The van der Waals surface area contributed by atoms with Gasteiger partial charge in [-0.3, -0.25) is 0 Å². The predicted octanol–water partition coefficient (Wildman–Crippen LogP) is 1.94. The number of benzene rings is 1. The van der Waals surface area contributed by atoms with Crippen LogP contribution in [0.3, 0.4) is 0 Å². The molecule has 0 saturated heterocycles. The van der Waals surface area contributed by atoms with Gasteiger partial charge >= 0.3 is 5.97 Å². The molecule has 0 aliphatic carbocycles. The highest BCUT2D eigenvalue weighted by molar-refractivity contribution is 9.10. The SMILES string of the molecule is CCCOC(=O)c1c(F)cc(Br)c(S(N)(=O)=O)c1F. The van der Waals surface area contributed by atoms with E-state index in [9.17, 15) is 22.0 Å². The minimum Gasteiger partial charge on any atom is -0.462 e. The topological polar surface area (TPSA) is 86.5 Å². The third-order valence-corrected chi connectivity index (χ3v) is 3.91. The highest BCUT2D eigenvalue weighted by atomic mass is 79.9. The molecule has 19 heavy (non-hydrogen) atoms. The van der Waals surface area contributed by atoms with E-state index in [1.807, 2.05) is 0 Å². The molecule has 5 nitrogen and oxygen atoms in total. The minimum absolute atomic E-state index is 0.0432. The molecule has 0 saturated carbocycles. The van der Waals surface area contributed by atoms with E-state index in [1.165, 1.54) is 0 Å². The fourth-order valence-electron chi connectivity index (χ4n) is 1.29. The van der Waals surface area contributed by atoms with Gasteiger partial charge in [-0.1, -0.05) is 6.92 Å². The van der Waals surface area contributed by atoms with Gasteiger partial charge in [0.1, 0.15) is 16.3 Å². The number of esters is 1. The fraction of sp³-hybridized carbons (Fsp3) is 0.300. The van der Waals surface area contributed by atoms with Gasteiger partial charge in [-0.15, -0.1) is 0 Å². The molecule has 0 aliphatic rings. The van der Waals surface area contributed by atoms with Crippen LogP contribution < -0.4 is 5.14 Å². The number of carbonyl (C=O) groups excluding carboxylic acids is 1. The van der Waals surface area contributed by atoms with Gasteiger partial charge in [0.2, 0.25) is 10.0 Å². The van der Waals surface area contributed by atoms with Crippen molar-refractivity contribution in [3.8, 4) is 0 Å². The Hall–Kier alpha value is -1.06. The van der Waals surface area contributed by atoms with E-state index in [0.29, 0.717) is 12.5 Å². The molecule has 1 aromatic rings. The number of halogens is 3. The molecule has 1 rings (SSSR count). The van der Waals surface area contributed by atoms with Crippen molar-refractivity contribution in [3.05, 3.63) is 27.7 Å². The van der Waals surface area contributed by atoms with Crippen LogP contribution >= 0.6 is 15.9 Å². The maximum Gasteiger partial charge on any atom is 0.344 e. The monoisotopic (exact) mass is 357 g/mol. The molecule has 106 valence electrons. The van der Waals surface area contributed by atoms with Crippen LogP contribution in [0.25, 0.3) is 0 Å². The van der Waals surface area contributed by atoms with Crippen LogP contribution in [-0.2, 0) is 14.8 Å². The van der Waals surface area contributed by atoms with Crippen LogP contribution in [0.5, 0.6) is 0 Å². The Morgan fingerprint density at radius 3 is 2.53 bits per heavy atom. The smallest absolute Gasteiger partial charge is 0.344 e. The van der Waals surface area contributed by atoms with Crippen molar-refractivity contribution in [2.45, 2.75) is 18.2 Å². The molecule has 0 amide bonds. The van der Waals surface area contributed by atoms with Crippen LogP contribution in [0.1, 0.15) is 23.7 Å². The summed E-state index contributed by atoms with van der Waals surface area (Å²) in [6.07, 6.45) is 0.452. The van der Waals surface area contributed by atoms with E-state index in [-0.39, 0.29) is 6.61 Å². The van der Waals surface area contributed by atoms with E-state index >= 15 is 0 Å². The molecule has 9 heteroatoms. The molecule has 0 radical (unpaired) electrons. The van der Waals surface area contributed by atoms with Crippen molar-refractivity contribution >= 4 is 31.9 Å². The zero-order chi connectivity index (χ0) is 14.8. The third-order valence-electron chi connectivity index (χ3n) is 2.05. The Balaban J connectivity index is 3.46. The summed E-state index contributed by atoms with van der Waals surface area (Å²) in [6, 6.07) is 0.644. The van der Waals surface area contributed by atoms with E-state index < -0.39 is 42.6 Å². The van der Waals surface area contributed by atoms with Crippen LogP contribution in [-0.4, -0.2) is 21.0 Å². The number of hydrogen-bond donors (Lipinski definition) is 1. The zero-order valence-electron chi connectivity index (χ0n) is 9.74. The van der Waals surface area contributed by atoms with E-state index in [2.05, 4.69) is 20.7 Å². The second-order valence-corrected chi connectivity index (χ2v) is 5.89. The number of ether oxygens (including phenoxy) is 1. The third kappa shape index (κ3) is 3.48. The van der Waals surface area contributed by atoms with Crippen molar-refractivity contribution in [1.82, 2.24) is 0 Å². The Kier molecular flexibility index (Phi) is 4.99. The highest BCUT2D eigenvalue weighted by Gasteiger charge is 2.29. The van der Waals surface area contributed by atoms with Gasteiger partial charge in [-0.25, -0.2) is 27.1 Å². The van der Waals surface area contributed by atoms with Gasteiger partial charge in [-0.05, 0) is 28.4 Å². The first-order chi connectivity index (χ1) is 8.70. The molecule has 0 atom stereocenters. The molecule has 0 aromatic heterocycles. The van der Waals surface area contributed by atoms with E-state index in [0.717, 1.165) is 0 Å². The largest absolute Gasteiger partial charge is 0.462 e. The number of rotatable bonds is 4. The molecule has 0 unspecified atom stereocenters. The van der Waals surface area contributed by atoms with Crippen LogP contribution in [0.15, 0.2) is 15.4 Å². The summed E-state index contributed by atoms with van der Waals surface area (Å²) in [5.74, 6) is -4.09. The quantitative estimate of drug-likeness (QED) is 0.834. The Morgan fingerprint density at radius 1 is 1.47 bits per heavy atom. The normalized spacial score (nSPS) is 11.4. The van der Waals surface area contributed by atoms with Crippen molar-refractivity contribution in [1.29, 1.82) is 0 Å². The van der Waals surface area contributed by atoms with Gasteiger partial charge in [0.15, 0.2) is 5.82 Å². The molecule has 0 heterocycles. The average molecular weight is 358 g/mol. The first-order valence-corrected chi connectivity index (χ1v) is 7.41. The van der Waals surface area contributed by atoms with Gasteiger partial charge in [0, 0.05) is 4.47 Å². The molecule has 0 aliphatic heterocycles. The standard InChI is InChI=1S/C10H10BrF2NO4S/c1-2-3-18-10(15)7-6(12)4-5(11)9(8(7)13)19(14,16)17/h4H,2-3H2,1H3,(H2,14,16,17). The number of carbonyl (C=O) groups is 1. The first-order valence-electron chi connectivity index (χ1n) is 5.07. The molecular weight excluding hydrogens is 348 g/mol. The van der Waals surface area contributed by atoms with Crippen molar-refractivity contribution < 1.29 is 26.7 Å². The average Bonchev–Trinajstić information content (AvgIpc) is 2.23. The summed E-state index contributed by atoms with van der Waals surface area (Å²) >= 11 is 2.68.